The fourth-order valence-electron chi connectivity index (χ4n) is 2.48. The molecule has 1 aromatic rings. The number of aromatic hydroxyl groups is 1. The maximum absolute atomic E-state index is 12.1. The molecule has 0 unspecified atom stereocenters. The molecule has 2 N–H and O–H groups in total. The fraction of sp³-hybridized carbons (Fsp3) is 0.650. The number of phenolic OH excluding ortho intramolecular Hbond substituents is 1. The highest BCUT2D eigenvalue weighted by Gasteiger charge is 2.25. The van der Waals surface area contributed by atoms with Gasteiger partial charge < -0.3 is 10.4 Å². The maximum atomic E-state index is 12.1. The van der Waals surface area contributed by atoms with E-state index in [4.69, 9.17) is 0 Å². The summed E-state index contributed by atoms with van der Waals surface area (Å²) in [6, 6.07) is 3.96. The molecule has 0 bridgehead atoms. The van der Waals surface area contributed by atoms with Gasteiger partial charge in [0.25, 0.3) is 0 Å². The topological polar surface area (TPSA) is 49.3 Å². The minimum atomic E-state index is -0.187. The Balaban J connectivity index is 3.18. The summed E-state index contributed by atoms with van der Waals surface area (Å²) in [5.74, 6) is 0.161. The zero-order valence-corrected chi connectivity index (χ0v) is 15.8. The highest BCUT2D eigenvalue weighted by atomic mass is 16.3. The second-order valence-corrected chi connectivity index (χ2v) is 8.43. The van der Waals surface area contributed by atoms with Crippen LogP contribution >= 0.6 is 0 Å². The van der Waals surface area contributed by atoms with Crippen LogP contribution in [0, 0.1) is 0 Å². The molecule has 23 heavy (non-hydrogen) atoms. The van der Waals surface area contributed by atoms with Crippen LogP contribution in [0.2, 0.25) is 0 Å². The lowest BCUT2D eigenvalue weighted by Crippen LogP contribution is -2.19. The summed E-state index contributed by atoms with van der Waals surface area (Å²) in [4.78, 5) is 12.1. The Hall–Kier alpha value is -1.51. The molecule has 1 aromatic carbocycles. The molecule has 3 nitrogen and oxygen atoms in total. The minimum Gasteiger partial charge on any atom is -0.505 e. The number of hydrogen-bond acceptors (Lipinski definition) is 2. The lowest BCUT2D eigenvalue weighted by atomic mass is 9.79. The lowest BCUT2D eigenvalue weighted by Gasteiger charge is -2.27. The van der Waals surface area contributed by atoms with Crippen molar-refractivity contribution >= 4 is 11.6 Å². The Morgan fingerprint density at radius 1 is 1.04 bits per heavy atom. The molecule has 0 spiro atoms. The number of anilines is 1. The first kappa shape index (κ1) is 19.5. The molecule has 130 valence electrons. The van der Waals surface area contributed by atoms with Crippen LogP contribution in [0.4, 0.5) is 5.69 Å². The third kappa shape index (κ3) is 5.56. The van der Waals surface area contributed by atoms with E-state index in [0.29, 0.717) is 12.1 Å². The van der Waals surface area contributed by atoms with Crippen molar-refractivity contribution in [1.82, 2.24) is 0 Å². The number of hydrogen-bond donors (Lipinski definition) is 2. The molecule has 1 amide bonds. The van der Waals surface area contributed by atoms with Crippen molar-refractivity contribution in [1.29, 1.82) is 0 Å². The Labute approximate surface area is 141 Å². The summed E-state index contributed by atoms with van der Waals surface area (Å²) < 4.78 is 0. The average molecular weight is 319 g/mol. The second-order valence-electron chi connectivity index (χ2n) is 8.43. The molecule has 3 heteroatoms. The first-order chi connectivity index (χ1) is 10.5. The lowest BCUT2D eigenvalue weighted by molar-refractivity contribution is -0.116. The van der Waals surface area contributed by atoms with Crippen LogP contribution in [0.25, 0.3) is 0 Å². The molecule has 0 saturated carbocycles. The van der Waals surface area contributed by atoms with Crippen molar-refractivity contribution in [3.63, 3.8) is 0 Å². The second kappa shape index (κ2) is 7.37. The Kier molecular flexibility index (Phi) is 6.26. The molecule has 0 aliphatic rings. The Morgan fingerprint density at radius 3 is 2.13 bits per heavy atom. The summed E-state index contributed by atoms with van der Waals surface area (Å²) >= 11 is 0. The minimum absolute atomic E-state index is 0.0281. The molecule has 0 radical (unpaired) electrons. The van der Waals surface area contributed by atoms with E-state index < -0.39 is 0 Å². The summed E-state index contributed by atoms with van der Waals surface area (Å²) in [6.07, 6.45) is 3.52. The highest BCUT2D eigenvalue weighted by Crippen LogP contribution is 2.40. The molecule has 0 atom stereocenters. The van der Waals surface area contributed by atoms with E-state index in [-0.39, 0.29) is 22.5 Å². The van der Waals surface area contributed by atoms with Gasteiger partial charge >= 0.3 is 0 Å². The van der Waals surface area contributed by atoms with Crippen LogP contribution in [0.3, 0.4) is 0 Å². The monoisotopic (exact) mass is 319 g/mol. The first-order valence-electron chi connectivity index (χ1n) is 8.64. The predicted molar refractivity (Wildman–Crippen MR) is 98.3 cm³/mol. The predicted octanol–water partition coefficient (Wildman–Crippen LogP) is 5.51. The Bertz CT molecular complexity index is 548. The fourth-order valence-corrected chi connectivity index (χ4v) is 2.48. The van der Waals surface area contributed by atoms with Crippen molar-refractivity contribution in [3.8, 4) is 5.75 Å². The number of rotatable bonds is 5. The van der Waals surface area contributed by atoms with Gasteiger partial charge in [0.15, 0.2) is 0 Å². The maximum Gasteiger partial charge on any atom is 0.224 e. The summed E-state index contributed by atoms with van der Waals surface area (Å²) in [5.41, 5.74) is 2.28. The zero-order valence-electron chi connectivity index (χ0n) is 15.8. The quantitative estimate of drug-likeness (QED) is 0.555. The number of carbonyl (C=O) groups is 1. The summed E-state index contributed by atoms with van der Waals surface area (Å²) in [5, 5.41) is 13.5. The number of phenols is 1. The van der Waals surface area contributed by atoms with Crippen molar-refractivity contribution in [2.24, 2.45) is 0 Å². The SMILES string of the molecule is CCCCCC(=O)Nc1cc(C(C)(C)C)cc(C(C)(C)C)c1O. The first-order valence-corrected chi connectivity index (χ1v) is 8.64. The van der Waals surface area contributed by atoms with Gasteiger partial charge in [-0.3, -0.25) is 4.79 Å². The zero-order chi connectivity index (χ0) is 17.8. The number of carbonyl (C=O) groups excluding carboxylic acids is 1. The number of nitrogens with one attached hydrogen (secondary N) is 1. The van der Waals surface area contributed by atoms with Gasteiger partial charge in [-0.05, 0) is 28.9 Å². The number of amides is 1. The van der Waals surface area contributed by atoms with E-state index in [1.54, 1.807) is 0 Å². The van der Waals surface area contributed by atoms with E-state index in [9.17, 15) is 9.90 Å². The van der Waals surface area contributed by atoms with Crippen LogP contribution in [0.1, 0.15) is 85.3 Å². The van der Waals surface area contributed by atoms with Gasteiger partial charge in [-0.1, -0.05) is 67.4 Å². The van der Waals surface area contributed by atoms with Crippen LogP contribution in [0.15, 0.2) is 12.1 Å². The van der Waals surface area contributed by atoms with Crippen molar-refractivity contribution in [2.75, 3.05) is 5.32 Å². The summed E-state index contributed by atoms with van der Waals surface area (Å²) in [6.45, 7) is 14.7. The third-order valence-corrected chi connectivity index (χ3v) is 4.07. The van der Waals surface area contributed by atoms with E-state index >= 15 is 0 Å². The van der Waals surface area contributed by atoms with Crippen LogP contribution < -0.4 is 5.32 Å². The summed E-state index contributed by atoms with van der Waals surface area (Å²) in [7, 11) is 0. The van der Waals surface area contributed by atoms with Crippen LogP contribution in [-0.4, -0.2) is 11.0 Å². The van der Waals surface area contributed by atoms with Crippen molar-refractivity contribution < 1.29 is 9.90 Å². The van der Waals surface area contributed by atoms with Crippen molar-refractivity contribution in [3.05, 3.63) is 23.3 Å². The van der Waals surface area contributed by atoms with Gasteiger partial charge in [-0.15, -0.1) is 0 Å². The van der Waals surface area contributed by atoms with E-state index in [1.807, 2.05) is 6.07 Å². The molecule has 0 aliphatic heterocycles. The van der Waals surface area contributed by atoms with E-state index in [2.05, 4.69) is 59.8 Å². The molecule has 0 aliphatic carbocycles. The van der Waals surface area contributed by atoms with E-state index in [0.717, 1.165) is 30.4 Å². The van der Waals surface area contributed by atoms with Gasteiger partial charge in [-0.25, -0.2) is 0 Å². The molecule has 0 aromatic heterocycles. The normalized spacial score (nSPS) is 12.3. The molecular formula is C20H33NO2. The van der Waals surface area contributed by atoms with Gasteiger partial charge in [0, 0.05) is 12.0 Å². The Morgan fingerprint density at radius 2 is 1.65 bits per heavy atom. The smallest absolute Gasteiger partial charge is 0.224 e. The van der Waals surface area contributed by atoms with Gasteiger partial charge in [-0.2, -0.15) is 0 Å². The molecular weight excluding hydrogens is 286 g/mol. The van der Waals surface area contributed by atoms with Crippen LogP contribution in [-0.2, 0) is 15.6 Å². The molecule has 0 saturated heterocycles. The molecule has 0 heterocycles. The van der Waals surface area contributed by atoms with Gasteiger partial charge in [0.2, 0.25) is 5.91 Å². The standard InChI is InChI=1S/C20H33NO2/c1-8-9-10-11-17(22)21-16-13-14(19(2,3)4)12-15(18(16)23)20(5,6)7/h12-13,23H,8-11H2,1-7H3,(H,21,22). The van der Waals surface area contributed by atoms with Crippen molar-refractivity contribution in [2.45, 2.75) is 85.0 Å². The van der Waals surface area contributed by atoms with Gasteiger partial charge in [0.1, 0.15) is 5.75 Å². The molecule has 1 rings (SSSR count). The average Bonchev–Trinajstić information content (AvgIpc) is 2.38. The van der Waals surface area contributed by atoms with Crippen LogP contribution in [0.5, 0.6) is 5.75 Å². The van der Waals surface area contributed by atoms with E-state index in [1.165, 1.54) is 0 Å². The largest absolute Gasteiger partial charge is 0.505 e. The van der Waals surface area contributed by atoms with Gasteiger partial charge in [0.05, 0.1) is 5.69 Å². The highest BCUT2D eigenvalue weighted by molar-refractivity contribution is 5.92. The number of unbranched alkanes of at least 4 members (excludes halogenated alkanes) is 2. The number of benzene rings is 1. The third-order valence-electron chi connectivity index (χ3n) is 4.07. The molecule has 0 fully saturated rings.